The molecule has 18 heavy (non-hydrogen) atoms. The van der Waals surface area contributed by atoms with E-state index >= 15 is 0 Å². The Bertz CT molecular complexity index is 301. The molecule has 1 aliphatic carbocycles. The van der Waals surface area contributed by atoms with Crippen LogP contribution in [0.5, 0.6) is 0 Å². The molecule has 3 N–H and O–H groups in total. The average molecular weight is 268 g/mol. The summed E-state index contributed by atoms with van der Waals surface area (Å²) in [7, 11) is 0. The first kappa shape index (κ1) is 15.2. The van der Waals surface area contributed by atoms with Crippen LogP contribution in [0.25, 0.3) is 0 Å². The maximum absolute atomic E-state index is 12.3. The number of carboxylic acids is 1. The molecule has 0 aromatic heterocycles. The summed E-state index contributed by atoms with van der Waals surface area (Å²) >= 11 is 0. The van der Waals surface area contributed by atoms with Gasteiger partial charge in [0.05, 0.1) is 6.54 Å². The topological polar surface area (TPSA) is 66.6 Å². The number of hydrogen-bond donors (Lipinski definition) is 2. The molecule has 0 aliphatic heterocycles. The first-order valence-electron chi connectivity index (χ1n) is 5.95. The van der Waals surface area contributed by atoms with Gasteiger partial charge in [-0.1, -0.05) is 0 Å². The van der Waals surface area contributed by atoms with E-state index in [9.17, 15) is 18.0 Å². The van der Waals surface area contributed by atoms with Crippen LogP contribution >= 0.6 is 0 Å². The number of carboxylic acid groups (broad SMARTS) is 1. The highest BCUT2D eigenvalue weighted by Crippen LogP contribution is 2.30. The number of carbonyl (C=O) groups is 1. The van der Waals surface area contributed by atoms with Crippen molar-refractivity contribution >= 4 is 5.97 Å². The van der Waals surface area contributed by atoms with Gasteiger partial charge < -0.3 is 10.8 Å². The van der Waals surface area contributed by atoms with E-state index in [-0.39, 0.29) is 19.0 Å². The van der Waals surface area contributed by atoms with Gasteiger partial charge >= 0.3 is 12.1 Å². The Hall–Kier alpha value is -0.820. The third kappa shape index (κ3) is 5.22. The molecule has 0 aromatic carbocycles. The zero-order valence-electron chi connectivity index (χ0n) is 10.3. The van der Waals surface area contributed by atoms with Gasteiger partial charge in [-0.05, 0) is 39.2 Å². The third-order valence-electron chi connectivity index (χ3n) is 3.08. The van der Waals surface area contributed by atoms with E-state index in [1.165, 1.54) is 11.8 Å². The Balaban J connectivity index is 2.37. The quantitative estimate of drug-likeness (QED) is 0.736. The van der Waals surface area contributed by atoms with Crippen LogP contribution in [0.1, 0.15) is 32.6 Å². The molecule has 7 heteroatoms. The molecule has 1 fully saturated rings. The van der Waals surface area contributed by atoms with E-state index < -0.39 is 24.2 Å². The molecule has 106 valence electrons. The van der Waals surface area contributed by atoms with Crippen molar-refractivity contribution in [2.75, 3.05) is 13.1 Å². The second-order valence-electron chi connectivity index (χ2n) is 5.14. The predicted molar refractivity (Wildman–Crippen MR) is 60.1 cm³/mol. The number of nitrogens with zero attached hydrogens (tertiary/aromatic N) is 1. The summed E-state index contributed by atoms with van der Waals surface area (Å²) in [5.41, 5.74) is 4.16. The van der Waals surface area contributed by atoms with Gasteiger partial charge in [0.2, 0.25) is 0 Å². The number of rotatable bonds is 7. The standard InChI is InChI=1S/C11H19F3N2O2/c1-10(15,9(17)18)5-2-6-16(8-3-4-8)7-11(12,13)14/h8H,2-7,15H2,1H3,(H,17,18). The largest absolute Gasteiger partial charge is 0.480 e. The Labute approximate surface area is 104 Å². The predicted octanol–water partition coefficient (Wildman–Crippen LogP) is 1.60. The molecule has 1 saturated carbocycles. The molecule has 0 saturated heterocycles. The summed E-state index contributed by atoms with van der Waals surface area (Å²) in [6, 6.07) is 0.000448. The van der Waals surface area contributed by atoms with Crippen LogP contribution in [-0.2, 0) is 4.79 Å². The minimum atomic E-state index is -4.21. The van der Waals surface area contributed by atoms with Crippen LogP contribution in [-0.4, -0.2) is 46.8 Å². The summed E-state index contributed by atoms with van der Waals surface area (Å²) in [6.45, 7) is 0.691. The van der Waals surface area contributed by atoms with Crippen LogP contribution in [0.4, 0.5) is 13.2 Å². The van der Waals surface area contributed by atoms with Crippen molar-refractivity contribution in [3.8, 4) is 0 Å². The van der Waals surface area contributed by atoms with Crippen LogP contribution in [0.3, 0.4) is 0 Å². The Morgan fingerprint density at radius 2 is 2.00 bits per heavy atom. The first-order valence-corrected chi connectivity index (χ1v) is 5.95. The molecule has 0 radical (unpaired) electrons. The molecule has 0 amide bonds. The van der Waals surface area contributed by atoms with Crippen molar-refractivity contribution in [1.82, 2.24) is 4.90 Å². The van der Waals surface area contributed by atoms with Crippen LogP contribution < -0.4 is 5.73 Å². The molecule has 0 heterocycles. The minimum Gasteiger partial charge on any atom is -0.480 e. The van der Waals surface area contributed by atoms with E-state index in [1.807, 2.05) is 0 Å². The SMILES string of the molecule is CC(N)(CCCN(CC(F)(F)F)C1CC1)C(=O)O. The molecule has 4 nitrogen and oxygen atoms in total. The van der Waals surface area contributed by atoms with E-state index in [4.69, 9.17) is 10.8 Å². The van der Waals surface area contributed by atoms with Gasteiger partial charge in [-0.2, -0.15) is 13.2 Å². The van der Waals surface area contributed by atoms with Crippen molar-refractivity contribution in [3.05, 3.63) is 0 Å². The molecular formula is C11H19F3N2O2. The first-order chi connectivity index (χ1) is 8.12. The second kappa shape index (κ2) is 5.44. The zero-order valence-corrected chi connectivity index (χ0v) is 10.3. The molecule has 1 rings (SSSR count). The van der Waals surface area contributed by atoms with Gasteiger partial charge in [-0.3, -0.25) is 9.69 Å². The molecule has 0 spiro atoms. The molecule has 0 aromatic rings. The summed E-state index contributed by atoms with van der Waals surface area (Å²) < 4.78 is 37.0. The van der Waals surface area contributed by atoms with Crippen LogP contribution in [0.2, 0.25) is 0 Å². The Morgan fingerprint density at radius 1 is 1.44 bits per heavy atom. The third-order valence-corrected chi connectivity index (χ3v) is 3.08. The maximum Gasteiger partial charge on any atom is 0.401 e. The van der Waals surface area contributed by atoms with E-state index in [0.29, 0.717) is 6.42 Å². The highest BCUT2D eigenvalue weighted by atomic mass is 19.4. The number of nitrogens with two attached hydrogens (primary N) is 1. The fourth-order valence-electron chi connectivity index (χ4n) is 1.82. The van der Waals surface area contributed by atoms with Gasteiger partial charge in [0.1, 0.15) is 5.54 Å². The second-order valence-corrected chi connectivity index (χ2v) is 5.14. The van der Waals surface area contributed by atoms with Gasteiger partial charge in [0, 0.05) is 6.04 Å². The van der Waals surface area contributed by atoms with Gasteiger partial charge in [0.25, 0.3) is 0 Å². The maximum atomic E-state index is 12.3. The number of aliphatic carboxylic acids is 1. The molecule has 1 atom stereocenters. The van der Waals surface area contributed by atoms with Crippen molar-refractivity contribution in [1.29, 1.82) is 0 Å². The Kier molecular flexibility index (Phi) is 4.61. The lowest BCUT2D eigenvalue weighted by molar-refractivity contribution is -0.148. The molecule has 0 bridgehead atoms. The van der Waals surface area contributed by atoms with Crippen LogP contribution in [0.15, 0.2) is 0 Å². The fraction of sp³-hybridized carbons (Fsp3) is 0.909. The fourth-order valence-corrected chi connectivity index (χ4v) is 1.82. The highest BCUT2D eigenvalue weighted by molar-refractivity contribution is 5.77. The van der Waals surface area contributed by atoms with Gasteiger partial charge in [-0.25, -0.2) is 0 Å². The van der Waals surface area contributed by atoms with Crippen molar-refractivity contribution in [2.24, 2.45) is 5.73 Å². The lowest BCUT2D eigenvalue weighted by Gasteiger charge is -2.25. The molecule has 1 aliphatic rings. The number of halogens is 3. The van der Waals surface area contributed by atoms with E-state index in [2.05, 4.69) is 0 Å². The van der Waals surface area contributed by atoms with Crippen molar-refractivity contribution in [3.63, 3.8) is 0 Å². The number of hydrogen-bond acceptors (Lipinski definition) is 3. The van der Waals surface area contributed by atoms with Gasteiger partial charge in [0.15, 0.2) is 0 Å². The zero-order chi connectivity index (χ0) is 14.0. The van der Waals surface area contributed by atoms with E-state index in [1.54, 1.807) is 0 Å². The Morgan fingerprint density at radius 3 is 2.39 bits per heavy atom. The van der Waals surface area contributed by atoms with Crippen molar-refractivity contribution in [2.45, 2.75) is 50.4 Å². The van der Waals surface area contributed by atoms with E-state index in [0.717, 1.165) is 12.8 Å². The normalized spacial score (nSPS) is 19.9. The molecule has 1 unspecified atom stereocenters. The highest BCUT2D eigenvalue weighted by Gasteiger charge is 2.38. The minimum absolute atomic E-state index is 0.000448. The monoisotopic (exact) mass is 268 g/mol. The summed E-state index contributed by atoms with van der Waals surface area (Å²) in [5, 5.41) is 8.80. The average Bonchev–Trinajstić information content (AvgIpc) is 2.96. The lowest BCUT2D eigenvalue weighted by Crippen LogP contribution is -2.45. The lowest BCUT2D eigenvalue weighted by atomic mass is 9.97. The van der Waals surface area contributed by atoms with Crippen LogP contribution in [0, 0.1) is 0 Å². The van der Waals surface area contributed by atoms with Crippen molar-refractivity contribution < 1.29 is 23.1 Å². The van der Waals surface area contributed by atoms with Gasteiger partial charge in [-0.15, -0.1) is 0 Å². The summed E-state index contributed by atoms with van der Waals surface area (Å²) in [4.78, 5) is 12.1. The molecular weight excluding hydrogens is 249 g/mol. The summed E-state index contributed by atoms with van der Waals surface area (Å²) in [6.07, 6.45) is -2.11. The smallest absolute Gasteiger partial charge is 0.401 e. The summed E-state index contributed by atoms with van der Waals surface area (Å²) in [5.74, 6) is -1.13. The number of alkyl halides is 3.